The van der Waals surface area contributed by atoms with Crippen molar-refractivity contribution in [2.45, 2.75) is 27.7 Å². The lowest BCUT2D eigenvalue weighted by Crippen LogP contribution is -2.22. The Morgan fingerprint density at radius 1 is 1.00 bits per heavy atom. The second-order valence-electron chi connectivity index (χ2n) is 6.17. The summed E-state index contributed by atoms with van der Waals surface area (Å²) in [6, 6.07) is 8.44. The molecule has 2 amide bonds. The first-order chi connectivity index (χ1) is 11.3. The van der Waals surface area contributed by atoms with Crippen LogP contribution in [0.1, 0.15) is 28.1 Å². The van der Waals surface area contributed by atoms with Gasteiger partial charge in [0.2, 0.25) is 0 Å². The maximum atomic E-state index is 12.1. The van der Waals surface area contributed by atoms with E-state index < -0.39 is 0 Å². The van der Waals surface area contributed by atoms with Crippen LogP contribution in [0.2, 0.25) is 0 Å². The van der Waals surface area contributed by atoms with Gasteiger partial charge in [-0.15, -0.1) is 0 Å². The molecular formula is C19H20N2O2S. The van der Waals surface area contributed by atoms with E-state index in [9.17, 15) is 9.59 Å². The summed E-state index contributed by atoms with van der Waals surface area (Å²) in [5, 5.41) is -0.228. The first-order valence-corrected chi connectivity index (χ1v) is 8.59. The highest BCUT2D eigenvalue weighted by molar-refractivity contribution is 8.18. The number of thioether (sulfide) groups is 1. The zero-order valence-corrected chi connectivity index (χ0v) is 15.3. The van der Waals surface area contributed by atoms with Crippen LogP contribution in [0.15, 0.2) is 29.2 Å². The van der Waals surface area contributed by atoms with Crippen LogP contribution in [-0.2, 0) is 4.79 Å². The Labute approximate surface area is 146 Å². The highest BCUT2D eigenvalue weighted by atomic mass is 32.2. The van der Waals surface area contributed by atoms with Crippen molar-refractivity contribution in [2.24, 2.45) is 0 Å². The molecule has 1 aliphatic rings. The Bertz CT molecular complexity index is 893. The predicted molar refractivity (Wildman–Crippen MR) is 98.5 cm³/mol. The van der Waals surface area contributed by atoms with E-state index in [0.717, 1.165) is 39.3 Å². The van der Waals surface area contributed by atoms with Crippen molar-refractivity contribution in [1.82, 2.24) is 9.47 Å². The molecule has 2 heterocycles. The summed E-state index contributed by atoms with van der Waals surface area (Å²) in [6.45, 7) is 8.28. The molecule has 5 heteroatoms. The Balaban J connectivity index is 2.06. The van der Waals surface area contributed by atoms with Crippen molar-refractivity contribution in [3.63, 3.8) is 0 Å². The fourth-order valence-corrected chi connectivity index (χ4v) is 3.70. The van der Waals surface area contributed by atoms with Gasteiger partial charge in [-0.25, -0.2) is 0 Å². The minimum Gasteiger partial charge on any atom is -0.318 e. The Hall–Kier alpha value is -2.27. The average Bonchev–Trinajstić information content (AvgIpc) is 2.94. The Morgan fingerprint density at radius 2 is 1.71 bits per heavy atom. The molecule has 0 N–H and O–H groups in total. The monoisotopic (exact) mass is 340 g/mol. The maximum absolute atomic E-state index is 12.1. The molecule has 1 aromatic carbocycles. The molecule has 124 valence electrons. The number of nitrogens with zero attached hydrogens (tertiary/aromatic N) is 2. The summed E-state index contributed by atoms with van der Waals surface area (Å²) in [6.07, 6.45) is 1.81. The number of carbonyl (C=O) groups is 2. The molecule has 1 aromatic heterocycles. The second-order valence-corrected chi connectivity index (χ2v) is 7.16. The van der Waals surface area contributed by atoms with Gasteiger partial charge < -0.3 is 4.57 Å². The van der Waals surface area contributed by atoms with Crippen LogP contribution in [0.3, 0.4) is 0 Å². The molecule has 4 nitrogen and oxygen atoms in total. The molecule has 0 aliphatic carbocycles. The minimum absolute atomic E-state index is 0.228. The van der Waals surface area contributed by atoms with Gasteiger partial charge in [-0.05, 0) is 80.4 Å². The van der Waals surface area contributed by atoms with E-state index in [2.05, 4.69) is 36.6 Å². The molecule has 1 aliphatic heterocycles. The van der Waals surface area contributed by atoms with Crippen LogP contribution < -0.4 is 0 Å². The molecule has 3 rings (SSSR count). The topological polar surface area (TPSA) is 42.3 Å². The van der Waals surface area contributed by atoms with Gasteiger partial charge in [0.1, 0.15) is 0 Å². The number of aromatic nitrogens is 1. The summed E-state index contributed by atoms with van der Waals surface area (Å²) in [5.41, 5.74) is 6.73. The van der Waals surface area contributed by atoms with Crippen molar-refractivity contribution < 1.29 is 9.59 Å². The first-order valence-electron chi connectivity index (χ1n) is 7.77. The van der Waals surface area contributed by atoms with Crippen LogP contribution in [0.4, 0.5) is 4.79 Å². The third kappa shape index (κ3) is 2.69. The van der Waals surface area contributed by atoms with E-state index in [4.69, 9.17) is 0 Å². The van der Waals surface area contributed by atoms with Gasteiger partial charge in [0, 0.05) is 24.1 Å². The number of benzene rings is 1. The summed E-state index contributed by atoms with van der Waals surface area (Å²) >= 11 is 0.990. The molecule has 1 fully saturated rings. The normalized spacial score (nSPS) is 16.5. The molecule has 2 aromatic rings. The Morgan fingerprint density at radius 3 is 2.29 bits per heavy atom. The molecule has 0 spiro atoms. The highest BCUT2D eigenvalue weighted by Gasteiger charge is 2.32. The van der Waals surface area contributed by atoms with E-state index in [-0.39, 0.29) is 11.1 Å². The van der Waals surface area contributed by atoms with E-state index in [1.807, 2.05) is 26.0 Å². The van der Waals surface area contributed by atoms with Crippen molar-refractivity contribution in [3.05, 3.63) is 57.2 Å². The maximum Gasteiger partial charge on any atom is 0.293 e. The SMILES string of the molecule is Cc1ccc(-n2c(C)cc(C=C3SC(=O)N(C)C3=O)c2C)cc1C. The smallest absolute Gasteiger partial charge is 0.293 e. The van der Waals surface area contributed by atoms with E-state index in [1.54, 1.807) is 0 Å². The quantitative estimate of drug-likeness (QED) is 0.762. The largest absolute Gasteiger partial charge is 0.318 e. The minimum atomic E-state index is -0.235. The van der Waals surface area contributed by atoms with Crippen molar-refractivity contribution >= 4 is 29.0 Å². The predicted octanol–water partition coefficient (Wildman–Crippen LogP) is 4.38. The van der Waals surface area contributed by atoms with Crippen molar-refractivity contribution in [1.29, 1.82) is 0 Å². The van der Waals surface area contributed by atoms with Gasteiger partial charge in [-0.3, -0.25) is 14.5 Å². The van der Waals surface area contributed by atoms with E-state index >= 15 is 0 Å². The summed E-state index contributed by atoms with van der Waals surface area (Å²) < 4.78 is 2.18. The molecule has 0 unspecified atom stereocenters. The van der Waals surface area contributed by atoms with Gasteiger partial charge in [-0.2, -0.15) is 0 Å². The van der Waals surface area contributed by atoms with Gasteiger partial charge >= 0.3 is 0 Å². The van der Waals surface area contributed by atoms with Crippen LogP contribution in [0, 0.1) is 27.7 Å². The first kappa shape index (κ1) is 16.6. The number of rotatable bonds is 2. The average molecular weight is 340 g/mol. The summed E-state index contributed by atoms with van der Waals surface area (Å²) in [7, 11) is 1.51. The number of imide groups is 1. The number of amides is 2. The van der Waals surface area contributed by atoms with Gasteiger partial charge in [0.05, 0.1) is 4.91 Å². The lowest BCUT2D eigenvalue weighted by Gasteiger charge is -2.11. The van der Waals surface area contributed by atoms with Crippen LogP contribution in [-0.4, -0.2) is 27.7 Å². The van der Waals surface area contributed by atoms with Gasteiger partial charge in [-0.1, -0.05) is 6.07 Å². The number of hydrogen-bond donors (Lipinski definition) is 0. The van der Waals surface area contributed by atoms with Crippen molar-refractivity contribution in [3.8, 4) is 5.69 Å². The van der Waals surface area contributed by atoms with E-state index in [0.29, 0.717) is 4.91 Å². The zero-order valence-electron chi connectivity index (χ0n) is 14.5. The number of hydrogen-bond acceptors (Lipinski definition) is 3. The molecule has 0 saturated carbocycles. The standard InChI is InChI=1S/C19H20N2O2S/c1-11-6-7-16(8-12(11)2)21-13(3)9-15(14(21)4)10-17-18(22)20(5)19(23)24-17/h6-10H,1-5H3. The van der Waals surface area contributed by atoms with Crippen LogP contribution in [0.5, 0.6) is 0 Å². The fraction of sp³-hybridized carbons (Fsp3) is 0.263. The molecule has 0 bridgehead atoms. The van der Waals surface area contributed by atoms with Crippen LogP contribution >= 0.6 is 11.8 Å². The van der Waals surface area contributed by atoms with Crippen LogP contribution in [0.25, 0.3) is 11.8 Å². The van der Waals surface area contributed by atoms with Crippen molar-refractivity contribution in [2.75, 3.05) is 7.05 Å². The summed E-state index contributed by atoms with van der Waals surface area (Å²) in [5.74, 6) is -0.235. The highest BCUT2D eigenvalue weighted by Crippen LogP contribution is 2.32. The number of likely N-dealkylation sites (N-methyl/N-ethyl adjacent to an activating group) is 1. The molecule has 0 radical (unpaired) electrons. The zero-order chi connectivity index (χ0) is 17.6. The number of aryl methyl sites for hydroxylation is 3. The third-order valence-electron chi connectivity index (χ3n) is 4.49. The molecule has 0 atom stereocenters. The molecular weight excluding hydrogens is 320 g/mol. The molecule has 1 saturated heterocycles. The lowest BCUT2D eigenvalue weighted by molar-refractivity contribution is -0.121. The third-order valence-corrected chi connectivity index (χ3v) is 5.45. The van der Waals surface area contributed by atoms with E-state index in [1.165, 1.54) is 18.2 Å². The molecule has 24 heavy (non-hydrogen) atoms. The summed E-state index contributed by atoms with van der Waals surface area (Å²) in [4.78, 5) is 25.4. The number of carbonyl (C=O) groups excluding carboxylic acids is 2. The lowest BCUT2D eigenvalue weighted by atomic mass is 10.1. The fourth-order valence-electron chi connectivity index (χ4n) is 2.88. The van der Waals surface area contributed by atoms with Gasteiger partial charge in [0.25, 0.3) is 11.1 Å². The second kappa shape index (κ2) is 5.98. The van der Waals surface area contributed by atoms with Gasteiger partial charge in [0.15, 0.2) is 0 Å². The Kier molecular flexibility index (Phi) is 4.13.